The van der Waals surface area contributed by atoms with Crippen LogP contribution in [0.15, 0.2) is 24.3 Å². The summed E-state index contributed by atoms with van der Waals surface area (Å²) in [6.45, 7) is 0. The van der Waals surface area contributed by atoms with Crippen molar-refractivity contribution >= 4 is 19.4 Å². The van der Waals surface area contributed by atoms with Crippen LogP contribution in [-0.2, 0) is 0 Å². The summed E-state index contributed by atoms with van der Waals surface area (Å²) in [6, 6.07) is 6.60. The Labute approximate surface area is 71.5 Å². The maximum atomic E-state index is 12.7. The first kappa shape index (κ1) is 8.54. The molecule has 1 rings (SSSR count). The Bertz CT molecular complexity index is 352. The van der Waals surface area contributed by atoms with Gasteiger partial charge in [0.1, 0.15) is 13.7 Å². The van der Waals surface area contributed by atoms with Crippen molar-refractivity contribution in [2.45, 2.75) is 0 Å². The van der Waals surface area contributed by atoms with Gasteiger partial charge in [-0.15, -0.1) is 0 Å². The fourth-order valence-corrected chi connectivity index (χ4v) is 0.905. The van der Waals surface area contributed by atoms with E-state index in [1.807, 2.05) is 6.07 Å². The van der Waals surface area contributed by atoms with Crippen LogP contribution >= 0.6 is 0 Å². The van der Waals surface area contributed by atoms with E-state index >= 15 is 0 Å². The lowest BCUT2D eigenvalue weighted by Gasteiger charge is -1.96. The van der Waals surface area contributed by atoms with Gasteiger partial charge in [-0.3, -0.25) is 0 Å². The van der Waals surface area contributed by atoms with E-state index in [9.17, 15) is 4.39 Å². The molecule has 12 heavy (non-hydrogen) atoms. The predicted molar refractivity (Wildman–Crippen MR) is 49.2 cm³/mol. The molecule has 58 valence electrons. The molecular weight excluding hydrogens is 152 g/mol. The minimum atomic E-state index is -0.218. The third-order valence-electron chi connectivity index (χ3n) is 1.53. The molecule has 0 fully saturated rings. The minimum Gasteiger partial charge on any atom is -0.208 e. The second-order valence-electron chi connectivity index (χ2n) is 2.47. The molecule has 0 heterocycles. The molecule has 0 amide bonds. The molecule has 0 bridgehead atoms. The lowest BCUT2D eigenvalue weighted by molar-refractivity contribution is 0.636. The first-order valence-electron chi connectivity index (χ1n) is 3.56. The monoisotopic (exact) mass is 159 g/mol. The Morgan fingerprint density at radius 1 is 1.50 bits per heavy atom. The van der Waals surface area contributed by atoms with Gasteiger partial charge < -0.3 is 0 Å². The van der Waals surface area contributed by atoms with Crippen LogP contribution in [0.2, 0.25) is 0 Å². The summed E-state index contributed by atoms with van der Waals surface area (Å²) in [7, 11) is 1.69. The lowest BCUT2D eigenvalue weighted by Crippen LogP contribution is -2.07. The predicted octanol–water partition coefficient (Wildman–Crippen LogP) is 0.621. The molecule has 0 atom stereocenters. The zero-order valence-electron chi connectivity index (χ0n) is 6.71. The van der Waals surface area contributed by atoms with Crippen molar-refractivity contribution < 1.29 is 4.39 Å². The van der Waals surface area contributed by atoms with Gasteiger partial charge in [-0.1, -0.05) is 17.6 Å². The van der Waals surface area contributed by atoms with Crippen LogP contribution in [0.3, 0.4) is 0 Å². The number of nitriles is 1. The van der Waals surface area contributed by atoms with Crippen LogP contribution in [0.5, 0.6) is 0 Å². The molecule has 0 radical (unpaired) electrons. The highest BCUT2D eigenvalue weighted by Crippen LogP contribution is 2.01. The van der Waals surface area contributed by atoms with Crippen molar-refractivity contribution in [1.82, 2.24) is 0 Å². The quantitative estimate of drug-likeness (QED) is 0.435. The van der Waals surface area contributed by atoms with E-state index in [0.717, 1.165) is 5.56 Å². The van der Waals surface area contributed by atoms with E-state index in [0.29, 0.717) is 5.46 Å². The van der Waals surface area contributed by atoms with Gasteiger partial charge in [-0.25, -0.2) is 4.39 Å². The summed E-state index contributed by atoms with van der Waals surface area (Å²) >= 11 is 0. The van der Waals surface area contributed by atoms with E-state index in [1.165, 1.54) is 12.1 Å². The molecule has 1 nitrogen and oxygen atoms in total. The molecule has 0 N–H and O–H groups in total. The van der Waals surface area contributed by atoms with Gasteiger partial charge in [0.15, 0.2) is 0 Å². The van der Waals surface area contributed by atoms with Gasteiger partial charge in [0.2, 0.25) is 0 Å². The Morgan fingerprint density at radius 3 is 2.83 bits per heavy atom. The minimum absolute atomic E-state index is 0.218. The molecule has 1 aromatic carbocycles. The van der Waals surface area contributed by atoms with Crippen LogP contribution in [-0.4, -0.2) is 7.85 Å². The lowest BCUT2D eigenvalue weighted by atomic mass is 9.93. The SMILES string of the molecule is Bc1cc(/C=C/C#N)ccc1F. The van der Waals surface area contributed by atoms with Gasteiger partial charge in [-0.05, 0) is 17.7 Å². The summed E-state index contributed by atoms with van der Waals surface area (Å²) in [5.74, 6) is -0.218. The molecule has 0 aliphatic rings. The first-order valence-corrected chi connectivity index (χ1v) is 3.56. The van der Waals surface area contributed by atoms with E-state index < -0.39 is 0 Å². The number of benzene rings is 1. The molecule has 0 saturated heterocycles. The first-order chi connectivity index (χ1) is 5.74. The van der Waals surface area contributed by atoms with Crippen molar-refractivity contribution in [3.05, 3.63) is 35.7 Å². The average molecular weight is 159 g/mol. The Balaban J connectivity index is 2.99. The molecular formula is C9H7BFN. The van der Waals surface area contributed by atoms with E-state index in [1.54, 1.807) is 26.1 Å². The topological polar surface area (TPSA) is 23.8 Å². The van der Waals surface area contributed by atoms with Gasteiger partial charge in [0.05, 0.1) is 6.07 Å². The van der Waals surface area contributed by atoms with E-state index in [4.69, 9.17) is 5.26 Å². The summed E-state index contributed by atoms with van der Waals surface area (Å²) in [5, 5.41) is 8.24. The fourth-order valence-electron chi connectivity index (χ4n) is 0.905. The molecule has 3 heteroatoms. The highest BCUT2D eigenvalue weighted by Gasteiger charge is 1.95. The van der Waals surface area contributed by atoms with Crippen molar-refractivity contribution in [3.63, 3.8) is 0 Å². The average Bonchev–Trinajstić information content (AvgIpc) is 2.07. The highest BCUT2D eigenvalue weighted by atomic mass is 19.1. The second-order valence-corrected chi connectivity index (χ2v) is 2.47. The second kappa shape index (κ2) is 3.73. The van der Waals surface area contributed by atoms with Gasteiger partial charge >= 0.3 is 0 Å². The molecule has 1 aromatic rings. The third kappa shape index (κ3) is 1.96. The van der Waals surface area contributed by atoms with Crippen LogP contribution in [0.1, 0.15) is 5.56 Å². The third-order valence-corrected chi connectivity index (χ3v) is 1.53. The van der Waals surface area contributed by atoms with E-state index in [2.05, 4.69) is 0 Å². The van der Waals surface area contributed by atoms with E-state index in [-0.39, 0.29) is 5.82 Å². The molecule has 0 saturated carbocycles. The summed E-state index contributed by atoms with van der Waals surface area (Å²) in [5.41, 5.74) is 1.44. The maximum absolute atomic E-state index is 12.7. The smallest absolute Gasteiger partial charge is 0.143 e. The zero-order valence-corrected chi connectivity index (χ0v) is 6.71. The number of allylic oxidation sites excluding steroid dienone is 1. The van der Waals surface area contributed by atoms with Crippen molar-refractivity contribution in [3.8, 4) is 6.07 Å². The molecule has 0 unspecified atom stereocenters. The van der Waals surface area contributed by atoms with Crippen LogP contribution in [0.25, 0.3) is 6.08 Å². The number of nitrogens with zero attached hydrogens (tertiary/aromatic N) is 1. The Kier molecular flexibility index (Phi) is 2.65. The Morgan fingerprint density at radius 2 is 2.25 bits per heavy atom. The highest BCUT2D eigenvalue weighted by molar-refractivity contribution is 6.32. The number of halogens is 1. The number of hydrogen-bond donors (Lipinski definition) is 0. The fraction of sp³-hybridized carbons (Fsp3) is 0. The number of hydrogen-bond acceptors (Lipinski definition) is 1. The van der Waals surface area contributed by atoms with Gasteiger partial charge in [-0.2, -0.15) is 5.26 Å². The van der Waals surface area contributed by atoms with Crippen LogP contribution in [0, 0.1) is 17.1 Å². The standard InChI is InChI=1S/C9H7BFN/c10-8-6-7(2-1-5-12)3-4-9(8)11/h1-4,6H,10H2/b2-1+. The molecule has 0 aromatic heterocycles. The van der Waals surface area contributed by atoms with Crippen molar-refractivity contribution in [1.29, 1.82) is 5.26 Å². The maximum Gasteiger partial charge on any atom is 0.143 e. The van der Waals surface area contributed by atoms with Gasteiger partial charge in [0.25, 0.3) is 0 Å². The molecule has 0 spiro atoms. The molecule has 0 aliphatic carbocycles. The van der Waals surface area contributed by atoms with Gasteiger partial charge in [0, 0.05) is 6.08 Å². The van der Waals surface area contributed by atoms with Crippen LogP contribution in [0.4, 0.5) is 4.39 Å². The molecule has 0 aliphatic heterocycles. The summed E-state index contributed by atoms with van der Waals surface area (Å²) in [4.78, 5) is 0. The van der Waals surface area contributed by atoms with Crippen molar-refractivity contribution in [2.75, 3.05) is 0 Å². The Hall–Kier alpha value is -1.56. The summed E-state index contributed by atoms with van der Waals surface area (Å²) in [6.07, 6.45) is 3.01. The van der Waals surface area contributed by atoms with Crippen LogP contribution < -0.4 is 5.46 Å². The summed E-state index contributed by atoms with van der Waals surface area (Å²) < 4.78 is 12.7. The number of rotatable bonds is 1. The zero-order chi connectivity index (χ0) is 8.97. The normalized spacial score (nSPS) is 10.0. The largest absolute Gasteiger partial charge is 0.208 e. The van der Waals surface area contributed by atoms with Crippen molar-refractivity contribution in [2.24, 2.45) is 0 Å².